The third-order valence-corrected chi connectivity index (χ3v) is 3.59. The number of benzene rings is 1. The minimum absolute atomic E-state index is 0.0536. The molecule has 1 aromatic carbocycles. The van der Waals surface area contributed by atoms with E-state index in [1.165, 1.54) is 5.56 Å². The summed E-state index contributed by atoms with van der Waals surface area (Å²) in [7, 11) is 0. The van der Waals surface area contributed by atoms with Gasteiger partial charge in [-0.05, 0) is 33.3 Å². The van der Waals surface area contributed by atoms with Crippen molar-refractivity contribution in [1.29, 1.82) is 0 Å². The molecule has 0 spiro atoms. The van der Waals surface area contributed by atoms with E-state index < -0.39 is 5.41 Å². The van der Waals surface area contributed by atoms with Crippen molar-refractivity contribution >= 4 is 5.97 Å². The highest BCUT2D eigenvalue weighted by molar-refractivity contribution is 5.75. The van der Waals surface area contributed by atoms with E-state index in [2.05, 4.69) is 36.1 Å². The maximum absolute atomic E-state index is 11.8. The summed E-state index contributed by atoms with van der Waals surface area (Å²) in [6, 6.07) is 10.8. The highest BCUT2D eigenvalue weighted by atomic mass is 16.5. The Morgan fingerprint density at radius 3 is 2.37 bits per heavy atom. The third-order valence-electron chi connectivity index (χ3n) is 3.59. The molecule has 0 radical (unpaired) electrons. The summed E-state index contributed by atoms with van der Waals surface area (Å²) in [5.41, 5.74) is 0.897. The van der Waals surface area contributed by atoms with E-state index in [4.69, 9.17) is 4.74 Å². The van der Waals surface area contributed by atoms with Crippen LogP contribution in [0.1, 0.15) is 39.3 Å². The summed E-state index contributed by atoms with van der Waals surface area (Å²) >= 11 is 0. The van der Waals surface area contributed by atoms with Gasteiger partial charge >= 0.3 is 5.97 Å². The van der Waals surface area contributed by atoms with Gasteiger partial charge in [0, 0.05) is 19.1 Å². The van der Waals surface area contributed by atoms with Gasteiger partial charge in [-0.2, -0.15) is 0 Å². The van der Waals surface area contributed by atoms with Gasteiger partial charge in [0.05, 0.1) is 5.41 Å². The normalized spacial score (nSPS) is 18.7. The lowest BCUT2D eigenvalue weighted by Gasteiger charge is -2.43. The predicted octanol–water partition coefficient (Wildman–Crippen LogP) is 3.02. The molecule has 0 aliphatic carbocycles. The van der Waals surface area contributed by atoms with Gasteiger partial charge in [-0.15, -0.1) is 0 Å². The van der Waals surface area contributed by atoms with Gasteiger partial charge < -0.3 is 4.74 Å². The van der Waals surface area contributed by atoms with E-state index in [0.29, 0.717) is 6.04 Å². The molecule has 104 valence electrons. The van der Waals surface area contributed by atoms with E-state index in [1.807, 2.05) is 26.8 Å². The summed E-state index contributed by atoms with van der Waals surface area (Å²) in [5, 5.41) is 0. The number of hydrogen-bond donors (Lipinski definition) is 0. The molecule has 3 nitrogen and oxygen atoms in total. The Morgan fingerprint density at radius 1 is 1.26 bits per heavy atom. The molecule has 1 aromatic rings. The summed E-state index contributed by atoms with van der Waals surface area (Å²) in [4.78, 5) is 14.1. The van der Waals surface area contributed by atoms with Crippen molar-refractivity contribution in [2.75, 3.05) is 13.1 Å². The molecule has 0 aromatic heterocycles. The first-order valence-electron chi connectivity index (χ1n) is 6.88. The summed E-state index contributed by atoms with van der Waals surface area (Å²) < 4.78 is 5.49. The lowest BCUT2D eigenvalue weighted by molar-refractivity contribution is -0.168. The summed E-state index contributed by atoms with van der Waals surface area (Å²) in [6.07, 6.45) is 0.0536. The Hall–Kier alpha value is -1.35. The second-order valence-corrected chi connectivity index (χ2v) is 6.32. The molecule has 0 N–H and O–H groups in total. The fourth-order valence-electron chi connectivity index (χ4n) is 2.13. The fraction of sp³-hybridized carbons (Fsp3) is 0.562. The van der Waals surface area contributed by atoms with Crippen LogP contribution in [-0.4, -0.2) is 30.1 Å². The average Bonchev–Trinajstić information content (AvgIpc) is 2.32. The summed E-state index contributed by atoms with van der Waals surface area (Å²) in [5.74, 6) is -0.107. The molecule has 3 heteroatoms. The largest absolute Gasteiger partial charge is 0.459 e. The lowest BCUT2D eigenvalue weighted by atomic mass is 9.96. The Bertz CT molecular complexity index is 430. The molecule has 0 saturated carbocycles. The van der Waals surface area contributed by atoms with E-state index in [0.717, 1.165) is 13.1 Å². The zero-order chi connectivity index (χ0) is 14.0. The predicted molar refractivity (Wildman–Crippen MR) is 75.8 cm³/mol. The summed E-state index contributed by atoms with van der Waals surface area (Å²) in [6.45, 7) is 9.52. The molecule has 0 bridgehead atoms. The number of carbonyl (C=O) groups is 1. The van der Waals surface area contributed by atoms with Crippen LogP contribution in [0.2, 0.25) is 0 Å². The van der Waals surface area contributed by atoms with Crippen LogP contribution in [0.25, 0.3) is 0 Å². The molecule has 1 heterocycles. The molecule has 1 saturated heterocycles. The number of hydrogen-bond acceptors (Lipinski definition) is 3. The number of esters is 1. The highest BCUT2D eigenvalue weighted by Crippen LogP contribution is 2.27. The van der Waals surface area contributed by atoms with Gasteiger partial charge in [0.1, 0.15) is 6.10 Å². The zero-order valence-electron chi connectivity index (χ0n) is 12.2. The minimum Gasteiger partial charge on any atom is -0.459 e. The van der Waals surface area contributed by atoms with Gasteiger partial charge in [0.15, 0.2) is 0 Å². The van der Waals surface area contributed by atoms with E-state index in [1.54, 1.807) is 0 Å². The average molecular weight is 261 g/mol. The van der Waals surface area contributed by atoms with Gasteiger partial charge in [0.2, 0.25) is 0 Å². The standard InChI is InChI=1S/C16H23NO2/c1-12(13-8-6-5-7-9-13)17-10-14(11-17)19-15(18)16(2,3)4/h5-9,12,14H,10-11H2,1-4H3/t12-/m1/s1. The second kappa shape index (κ2) is 5.33. The Kier molecular flexibility index (Phi) is 3.95. The smallest absolute Gasteiger partial charge is 0.311 e. The van der Waals surface area contributed by atoms with Crippen LogP contribution >= 0.6 is 0 Å². The zero-order valence-corrected chi connectivity index (χ0v) is 12.2. The van der Waals surface area contributed by atoms with Crippen molar-refractivity contribution < 1.29 is 9.53 Å². The fourth-order valence-corrected chi connectivity index (χ4v) is 2.13. The molecule has 1 aliphatic rings. The molecule has 2 rings (SSSR count). The van der Waals surface area contributed by atoms with E-state index in [-0.39, 0.29) is 12.1 Å². The lowest BCUT2D eigenvalue weighted by Crippen LogP contribution is -2.54. The first-order chi connectivity index (χ1) is 8.88. The second-order valence-electron chi connectivity index (χ2n) is 6.32. The maximum Gasteiger partial charge on any atom is 0.311 e. The molecule has 1 fully saturated rings. The van der Waals surface area contributed by atoms with Crippen LogP contribution in [0.15, 0.2) is 30.3 Å². The van der Waals surface area contributed by atoms with E-state index >= 15 is 0 Å². The Morgan fingerprint density at radius 2 is 1.84 bits per heavy atom. The van der Waals surface area contributed by atoms with Gasteiger partial charge in [0.25, 0.3) is 0 Å². The van der Waals surface area contributed by atoms with Crippen LogP contribution in [-0.2, 0) is 9.53 Å². The van der Waals surface area contributed by atoms with Gasteiger partial charge in [-0.1, -0.05) is 30.3 Å². The van der Waals surface area contributed by atoms with Crippen LogP contribution in [0, 0.1) is 5.41 Å². The van der Waals surface area contributed by atoms with Crippen molar-refractivity contribution in [2.45, 2.75) is 39.8 Å². The number of nitrogens with zero attached hydrogens (tertiary/aromatic N) is 1. The Labute approximate surface area is 115 Å². The Balaban J connectivity index is 1.82. The van der Waals surface area contributed by atoms with Crippen LogP contribution in [0.4, 0.5) is 0 Å². The van der Waals surface area contributed by atoms with Crippen molar-refractivity contribution in [3.8, 4) is 0 Å². The molecular formula is C16H23NO2. The monoisotopic (exact) mass is 261 g/mol. The van der Waals surface area contributed by atoms with Gasteiger partial charge in [-0.3, -0.25) is 9.69 Å². The van der Waals surface area contributed by atoms with Crippen molar-refractivity contribution in [3.63, 3.8) is 0 Å². The number of ether oxygens (including phenoxy) is 1. The molecular weight excluding hydrogens is 238 g/mol. The molecule has 19 heavy (non-hydrogen) atoms. The van der Waals surface area contributed by atoms with Gasteiger partial charge in [-0.25, -0.2) is 0 Å². The van der Waals surface area contributed by atoms with E-state index in [9.17, 15) is 4.79 Å². The molecule has 1 aliphatic heterocycles. The molecule has 1 atom stereocenters. The van der Waals surface area contributed by atoms with Crippen LogP contribution in [0.5, 0.6) is 0 Å². The van der Waals surface area contributed by atoms with Crippen molar-refractivity contribution in [1.82, 2.24) is 4.90 Å². The number of carbonyl (C=O) groups excluding carboxylic acids is 1. The van der Waals surface area contributed by atoms with Crippen LogP contribution < -0.4 is 0 Å². The minimum atomic E-state index is -0.411. The SMILES string of the molecule is C[C@H](c1ccccc1)N1CC(OC(=O)C(C)(C)C)C1. The highest BCUT2D eigenvalue weighted by Gasteiger charge is 2.35. The number of likely N-dealkylation sites (tertiary alicyclic amines) is 1. The molecule has 0 amide bonds. The van der Waals surface area contributed by atoms with Crippen molar-refractivity contribution in [3.05, 3.63) is 35.9 Å². The third kappa shape index (κ3) is 3.35. The molecule has 0 unspecified atom stereocenters. The van der Waals surface area contributed by atoms with Crippen molar-refractivity contribution in [2.24, 2.45) is 5.41 Å². The topological polar surface area (TPSA) is 29.5 Å². The first-order valence-corrected chi connectivity index (χ1v) is 6.88. The number of rotatable bonds is 3. The first kappa shape index (κ1) is 14.1. The van der Waals surface area contributed by atoms with Crippen LogP contribution in [0.3, 0.4) is 0 Å². The quantitative estimate of drug-likeness (QED) is 0.783. The maximum atomic E-state index is 11.8.